The number of nitrogens with zero attached hydrogens (tertiary/aromatic N) is 2. The zero-order chi connectivity index (χ0) is 21.8. The number of benzene rings is 2. The molecule has 1 heterocycles. The normalized spacial score (nSPS) is 11.1. The molecule has 2 aromatic carbocycles. The first-order chi connectivity index (χ1) is 14.3. The summed E-state index contributed by atoms with van der Waals surface area (Å²) in [6, 6.07) is 15.5. The Balaban J connectivity index is 1.91. The van der Waals surface area contributed by atoms with Gasteiger partial charge in [0, 0.05) is 22.8 Å². The lowest BCUT2D eigenvalue weighted by atomic mass is 10.1. The Labute approximate surface area is 172 Å². The first-order valence-corrected chi connectivity index (χ1v) is 9.01. The Morgan fingerprint density at radius 1 is 1.13 bits per heavy atom. The SMILES string of the molecule is Cc1cc(/C=C(/C#N)C(=O)Nc2cccc(C(=O)O)c2)c(C)n1-c1ccc(F)cc1. The van der Waals surface area contributed by atoms with Gasteiger partial charge in [0.05, 0.1) is 5.56 Å². The fraction of sp³-hybridized carbons (Fsp3) is 0.0870. The average Bonchev–Trinajstić information content (AvgIpc) is 3.00. The van der Waals surface area contributed by atoms with Crippen LogP contribution in [-0.2, 0) is 4.79 Å². The summed E-state index contributed by atoms with van der Waals surface area (Å²) in [6.07, 6.45) is 1.47. The van der Waals surface area contributed by atoms with Crippen molar-refractivity contribution in [3.05, 3.63) is 88.5 Å². The predicted molar refractivity (Wildman–Crippen MR) is 111 cm³/mol. The van der Waals surface area contributed by atoms with Gasteiger partial charge in [0.15, 0.2) is 0 Å². The molecule has 0 aliphatic carbocycles. The molecule has 0 spiro atoms. The summed E-state index contributed by atoms with van der Waals surface area (Å²) in [4.78, 5) is 23.6. The number of aromatic nitrogens is 1. The van der Waals surface area contributed by atoms with Crippen molar-refractivity contribution in [2.75, 3.05) is 5.32 Å². The lowest BCUT2D eigenvalue weighted by Gasteiger charge is -2.09. The highest BCUT2D eigenvalue weighted by atomic mass is 19.1. The number of nitriles is 1. The Hall–Kier alpha value is -4.18. The van der Waals surface area contributed by atoms with Gasteiger partial charge in [-0.05, 0) is 74.0 Å². The van der Waals surface area contributed by atoms with Crippen molar-refractivity contribution in [2.45, 2.75) is 13.8 Å². The van der Waals surface area contributed by atoms with Crippen molar-refractivity contribution in [1.82, 2.24) is 4.57 Å². The highest BCUT2D eigenvalue weighted by Crippen LogP contribution is 2.23. The van der Waals surface area contributed by atoms with Crippen molar-refractivity contribution in [3.8, 4) is 11.8 Å². The largest absolute Gasteiger partial charge is 0.478 e. The predicted octanol–water partition coefficient (Wildman–Crippen LogP) is 4.48. The van der Waals surface area contributed by atoms with Crippen LogP contribution >= 0.6 is 0 Å². The minimum Gasteiger partial charge on any atom is -0.478 e. The number of hydrogen-bond acceptors (Lipinski definition) is 3. The van der Waals surface area contributed by atoms with E-state index in [-0.39, 0.29) is 22.6 Å². The Kier molecular flexibility index (Phi) is 5.79. The van der Waals surface area contributed by atoms with E-state index in [4.69, 9.17) is 5.11 Å². The van der Waals surface area contributed by atoms with E-state index in [1.807, 2.05) is 30.6 Å². The molecule has 6 nitrogen and oxygen atoms in total. The van der Waals surface area contributed by atoms with Gasteiger partial charge in [0.1, 0.15) is 17.5 Å². The second-order valence-electron chi connectivity index (χ2n) is 6.65. The van der Waals surface area contributed by atoms with Crippen LogP contribution in [0.4, 0.5) is 10.1 Å². The fourth-order valence-electron chi connectivity index (χ4n) is 3.15. The molecule has 0 bridgehead atoms. The number of carbonyl (C=O) groups is 2. The van der Waals surface area contributed by atoms with Gasteiger partial charge in [0.2, 0.25) is 0 Å². The van der Waals surface area contributed by atoms with E-state index in [0.717, 1.165) is 17.1 Å². The number of rotatable bonds is 5. The number of aromatic carboxylic acids is 1. The van der Waals surface area contributed by atoms with E-state index in [1.54, 1.807) is 18.2 Å². The molecular weight excluding hydrogens is 385 g/mol. The highest BCUT2D eigenvalue weighted by Gasteiger charge is 2.15. The van der Waals surface area contributed by atoms with E-state index in [0.29, 0.717) is 5.56 Å². The third-order valence-electron chi connectivity index (χ3n) is 4.59. The Bertz CT molecular complexity index is 1200. The third-order valence-corrected chi connectivity index (χ3v) is 4.59. The van der Waals surface area contributed by atoms with Crippen LogP contribution in [0.1, 0.15) is 27.3 Å². The van der Waals surface area contributed by atoms with Gasteiger partial charge >= 0.3 is 5.97 Å². The van der Waals surface area contributed by atoms with E-state index in [1.165, 1.54) is 36.4 Å². The van der Waals surface area contributed by atoms with Crippen LogP contribution in [0.3, 0.4) is 0 Å². The van der Waals surface area contributed by atoms with E-state index in [2.05, 4.69) is 5.32 Å². The van der Waals surface area contributed by atoms with Crippen molar-refractivity contribution in [2.24, 2.45) is 0 Å². The molecule has 0 saturated heterocycles. The molecule has 0 unspecified atom stereocenters. The molecule has 0 atom stereocenters. The molecule has 2 N–H and O–H groups in total. The second kappa shape index (κ2) is 8.45. The molecule has 0 radical (unpaired) electrons. The number of aryl methyl sites for hydroxylation is 1. The van der Waals surface area contributed by atoms with Gasteiger partial charge in [-0.3, -0.25) is 4.79 Å². The van der Waals surface area contributed by atoms with Gasteiger partial charge in [-0.15, -0.1) is 0 Å². The summed E-state index contributed by atoms with van der Waals surface area (Å²) < 4.78 is 15.1. The number of amides is 1. The summed E-state index contributed by atoms with van der Waals surface area (Å²) in [5.41, 5.74) is 3.25. The minimum absolute atomic E-state index is 0.0260. The Morgan fingerprint density at radius 3 is 2.47 bits per heavy atom. The van der Waals surface area contributed by atoms with Gasteiger partial charge in [-0.2, -0.15) is 5.26 Å². The quantitative estimate of drug-likeness (QED) is 0.485. The van der Waals surface area contributed by atoms with Crippen LogP contribution in [0.15, 0.2) is 60.2 Å². The first-order valence-electron chi connectivity index (χ1n) is 9.01. The molecule has 0 aliphatic rings. The first kappa shape index (κ1) is 20.6. The van der Waals surface area contributed by atoms with Crippen LogP contribution in [0, 0.1) is 31.0 Å². The maximum Gasteiger partial charge on any atom is 0.335 e. The summed E-state index contributed by atoms with van der Waals surface area (Å²) in [7, 11) is 0. The smallest absolute Gasteiger partial charge is 0.335 e. The number of carboxylic acid groups (broad SMARTS) is 1. The van der Waals surface area contributed by atoms with Crippen LogP contribution < -0.4 is 5.32 Å². The fourth-order valence-corrected chi connectivity index (χ4v) is 3.15. The van der Waals surface area contributed by atoms with Crippen LogP contribution in [-0.4, -0.2) is 21.6 Å². The highest BCUT2D eigenvalue weighted by molar-refractivity contribution is 6.10. The number of carbonyl (C=O) groups excluding carboxylic acids is 1. The molecular formula is C23H18FN3O3. The molecule has 150 valence electrons. The molecule has 3 rings (SSSR count). The van der Waals surface area contributed by atoms with Gasteiger partial charge in [-0.1, -0.05) is 6.07 Å². The summed E-state index contributed by atoms with van der Waals surface area (Å²) in [6.45, 7) is 3.71. The minimum atomic E-state index is -1.12. The van der Waals surface area contributed by atoms with Gasteiger partial charge in [-0.25, -0.2) is 9.18 Å². The monoisotopic (exact) mass is 403 g/mol. The van der Waals surface area contributed by atoms with Gasteiger partial charge in [0.25, 0.3) is 5.91 Å². The van der Waals surface area contributed by atoms with E-state index < -0.39 is 11.9 Å². The average molecular weight is 403 g/mol. The standard InChI is InChI=1S/C23H18FN3O3/c1-14-10-17(15(2)27(14)21-8-6-19(24)7-9-21)11-18(13-25)22(28)26-20-5-3-4-16(12-20)23(29)30/h3-12H,1-2H3,(H,26,28)(H,29,30)/b18-11-. The maximum absolute atomic E-state index is 13.2. The molecule has 1 amide bonds. The zero-order valence-corrected chi connectivity index (χ0v) is 16.3. The number of nitrogens with one attached hydrogen (secondary N) is 1. The molecule has 1 aromatic heterocycles. The van der Waals surface area contributed by atoms with E-state index >= 15 is 0 Å². The lowest BCUT2D eigenvalue weighted by molar-refractivity contribution is -0.112. The summed E-state index contributed by atoms with van der Waals surface area (Å²) in [5.74, 6) is -2.10. The summed E-state index contributed by atoms with van der Waals surface area (Å²) in [5, 5.41) is 21.1. The topological polar surface area (TPSA) is 95.1 Å². The Morgan fingerprint density at radius 2 is 1.83 bits per heavy atom. The number of hydrogen-bond donors (Lipinski definition) is 2. The molecule has 0 aliphatic heterocycles. The molecule has 0 fully saturated rings. The maximum atomic E-state index is 13.2. The van der Waals surface area contributed by atoms with Gasteiger partial charge < -0.3 is 15.0 Å². The molecule has 0 saturated carbocycles. The van der Waals surface area contributed by atoms with Crippen LogP contribution in [0.2, 0.25) is 0 Å². The van der Waals surface area contributed by atoms with Crippen molar-refractivity contribution < 1.29 is 19.1 Å². The second-order valence-corrected chi connectivity index (χ2v) is 6.65. The van der Waals surface area contributed by atoms with Crippen LogP contribution in [0.25, 0.3) is 11.8 Å². The van der Waals surface area contributed by atoms with Crippen molar-refractivity contribution in [3.63, 3.8) is 0 Å². The number of halogens is 1. The van der Waals surface area contributed by atoms with Crippen molar-refractivity contribution >= 4 is 23.6 Å². The van der Waals surface area contributed by atoms with E-state index in [9.17, 15) is 19.2 Å². The number of carboxylic acids is 1. The van der Waals surface area contributed by atoms with Crippen LogP contribution in [0.5, 0.6) is 0 Å². The zero-order valence-electron chi connectivity index (χ0n) is 16.3. The molecule has 7 heteroatoms. The van der Waals surface area contributed by atoms with Crippen molar-refractivity contribution in [1.29, 1.82) is 5.26 Å². The summed E-state index contributed by atoms with van der Waals surface area (Å²) >= 11 is 0. The third kappa shape index (κ3) is 4.28. The molecule has 3 aromatic rings. The molecule has 30 heavy (non-hydrogen) atoms. The lowest BCUT2D eigenvalue weighted by Crippen LogP contribution is -2.14. The number of anilines is 1.